The van der Waals surface area contributed by atoms with Crippen molar-refractivity contribution < 1.29 is 13.9 Å². The minimum atomic E-state index is -0.371. The smallest absolute Gasteiger partial charge is 0.128 e. The number of halogens is 1. The number of carbonyl (C=O) groups is 1. The van der Waals surface area contributed by atoms with Crippen molar-refractivity contribution in [1.82, 2.24) is 0 Å². The van der Waals surface area contributed by atoms with Crippen molar-refractivity contribution in [2.75, 3.05) is 19.9 Å². The molecule has 3 heteroatoms. The highest BCUT2D eigenvalue weighted by Gasteiger charge is 2.31. The molecule has 1 aliphatic rings. The van der Waals surface area contributed by atoms with Gasteiger partial charge < -0.3 is 9.53 Å². The van der Waals surface area contributed by atoms with E-state index in [0.29, 0.717) is 19.4 Å². The van der Waals surface area contributed by atoms with Gasteiger partial charge in [0.1, 0.15) is 6.29 Å². The Morgan fingerprint density at radius 3 is 2.92 bits per heavy atom. The molecular weight excluding hydrogens is 159 g/mol. The predicted molar refractivity (Wildman–Crippen MR) is 43.8 cm³/mol. The van der Waals surface area contributed by atoms with E-state index >= 15 is 0 Å². The maximum absolute atomic E-state index is 11.9. The van der Waals surface area contributed by atoms with Crippen LogP contribution >= 0.6 is 0 Å². The molecule has 0 aliphatic carbocycles. The minimum Gasteiger partial charge on any atom is -0.380 e. The summed E-state index contributed by atoms with van der Waals surface area (Å²) in [6.07, 6.45) is 3.83. The highest BCUT2D eigenvalue weighted by Crippen LogP contribution is 2.31. The van der Waals surface area contributed by atoms with Crippen molar-refractivity contribution in [2.24, 2.45) is 5.41 Å². The molecule has 12 heavy (non-hydrogen) atoms. The summed E-state index contributed by atoms with van der Waals surface area (Å²) >= 11 is 0. The van der Waals surface area contributed by atoms with E-state index in [1.165, 1.54) is 0 Å². The molecule has 1 fully saturated rings. The van der Waals surface area contributed by atoms with Crippen LogP contribution in [0.25, 0.3) is 0 Å². The summed E-state index contributed by atoms with van der Waals surface area (Å²) in [7, 11) is 0. The van der Waals surface area contributed by atoms with E-state index in [-0.39, 0.29) is 12.1 Å². The third-order valence-corrected chi connectivity index (χ3v) is 2.41. The quantitative estimate of drug-likeness (QED) is 0.607. The van der Waals surface area contributed by atoms with Gasteiger partial charge in [-0.15, -0.1) is 0 Å². The SMILES string of the molecule is O=CC1(CCCF)CCCOC1. The largest absolute Gasteiger partial charge is 0.380 e. The Hall–Kier alpha value is -0.440. The molecule has 0 aromatic rings. The normalized spacial score (nSPS) is 30.1. The first-order valence-electron chi connectivity index (χ1n) is 4.43. The molecule has 0 spiro atoms. The first-order chi connectivity index (χ1) is 5.83. The third kappa shape index (κ3) is 2.27. The Kier molecular flexibility index (Phi) is 3.66. The number of hydrogen-bond acceptors (Lipinski definition) is 2. The molecule has 1 rings (SSSR count). The summed E-state index contributed by atoms with van der Waals surface area (Å²) in [5, 5.41) is 0. The number of carbonyl (C=O) groups excluding carboxylic acids is 1. The molecule has 1 heterocycles. The molecule has 1 saturated heterocycles. The lowest BCUT2D eigenvalue weighted by molar-refractivity contribution is -0.124. The summed E-state index contributed by atoms with van der Waals surface area (Å²) in [6, 6.07) is 0. The minimum absolute atomic E-state index is 0.338. The average molecular weight is 174 g/mol. The Labute approximate surface area is 72.1 Å². The molecule has 1 aliphatic heterocycles. The average Bonchev–Trinajstić information content (AvgIpc) is 2.16. The predicted octanol–water partition coefficient (Wildman–Crippen LogP) is 1.73. The zero-order valence-electron chi connectivity index (χ0n) is 7.22. The molecule has 0 aromatic heterocycles. The summed E-state index contributed by atoms with van der Waals surface area (Å²) in [6.45, 7) is 0.886. The molecular formula is C9H15FO2. The van der Waals surface area contributed by atoms with Gasteiger partial charge in [-0.25, -0.2) is 0 Å². The van der Waals surface area contributed by atoms with Crippen molar-refractivity contribution >= 4 is 6.29 Å². The second kappa shape index (κ2) is 4.55. The van der Waals surface area contributed by atoms with E-state index in [1.807, 2.05) is 0 Å². The van der Waals surface area contributed by atoms with Crippen LogP contribution in [0.1, 0.15) is 25.7 Å². The second-order valence-corrected chi connectivity index (χ2v) is 3.43. The lowest BCUT2D eigenvalue weighted by atomic mass is 9.80. The van der Waals surface area contributed by atoms with E-state index < -0.39 is 0 Å². The summed E-state index contributed by atoms with van der Waals surface area (Å²) < 4.78 is 17.1. The van der Waals surface area contributed by atoms with Crippen LogP contribution in [0.5, 0.6) is 0 Å². The fourth-order valence-electron chi connectivity index (χ4n) is 1.64. The van der Waals surface area contributed by atoms with Crippen LogP contribution < -0.4 is 0 Å². The highest BCUT2D eigenvalue weighted by molar-refractivity contribution is 5.59. The summed E-state index contributed by atoms with van der Waals surface area (Å²) in [4.78, 5) is 10.8. The molecule has 0 saturated carbocycles. The number of alkyl halides is 1. The fourth-order valence-corrected chi connectivity index (χ4v) is 1.64. The van der Waals surface area contributed by atoms with Crippen LogP contribution in [0.4, 0.5) is 4.39 Å². The monoisotopic (exact) mass is 174 g/mol. The van der Waals surface area contributed by atoms with E-state index in [2.05, 4.69) is 0 Å². The van der Waals surface area contributed by atoms with Gasteiger partial charge in [-0.1, -0.05) is 0 Å². The van der Waals surface area contributed by atoms with Gasteiger partial charge in [0.25, 0.3) is 0 Å². The van der Waals surface area contributed by atoms with Crippen molar-refractivity contribution in [3.8, 4) is 0 Å². The van der Waals surface area contributed by atoms with E-state index in [4.69, 9.17) is 4.74 Å². The maximum atomic E-state index is 11.9. The van der Waals surface area contributed by atoms with E-state index in [1.54, 1.807) is 0 Å². The Bertz CT molecular complexity index is 141. The first kappa shape index (κ1) is 9.65. The van der Waals surface area contributed by atoms with Crippen molar-refractivity contribution in [3.63, 3.8) is 0 Å². The van der Waals surface area contributed by atoms with Crippen molar-refractivity contribution in [2.45, 2.75) is 25.7 Å². The van der Waals surface area contributed by atoms with E-state index in [0.717, 1.165) is 25.7 Å². The zero-order chi connectivity index (χ0) is 8.86. The Morgan fingerprint density at radius 2 is 2.42 bits per heavy atom. The van der Waals surface area contributed by atoms with Crippen LogP contribution in [0.2, 0.25) is 0 Å². The van der Waals surface area contributed by atoms with Crippen LogP contribution in [0, 0.1) is 5.41 Å². The lowest BCUT2D eigenvalue weighted by Crippen LogP contribution is -2.33. The second-order valence-electron chi connectivity index (χ2n) is 3.43. The number of hydrogen-bond donors (Lipinski definition) is 0. The number of aldehydes is 1. The zero-order valence-corrected chi connectivity index (χ0v) is 7.22. The molecule has 0 amide bonds. The Balaban J connectivity index is 2.42. The van der Waals surface area contributed by atoms with Crippen LogP contribution in [-0.4, -0.2) is 26.2 Å². The highest BCUT2D eigenvalue weighted by atomic mass is 19.1. The van der Waals surface area contributed by atoms with Gasteiger partial charge in [-0.2, -0.15) is 0 Å². The van der Waals surface area contributed by atoms with Gasteiger partial charge in [0.2, 0.25) is 0 Å². The third-order valence-electron chi connectivity index (χ3n) is 2.41. The fraction of sp³-hybridized carbons (Fsp3) is 0.889. The molecule has 0 N–H and O–H groups in total. The topological polar surface area (TPSA) is 26.3 Å². The van der Waals surface area contributed by atoms with Gasteiger partial charge in [-0.05, 0) is 25.7 Å². The molecule has 2 nitrogen and oxygen atoms in total. The molecule has 0 aromatic carbocycles. The Morgan fingerprint density at radius 1 is 1.58 bits per heavy atom. The van der Waals surface area contributed by atoms with E-state index in [9.17, 15) is 9.18 Å². The van der Waals surface area contributed by atoms with Crippen LogP contribution in [-0.2, 0) is 9.53 Å². The molecule has 0 bridgehead atoms. The summed E-state index contributed by atoms with van der Waals surface area (Å²) in [5.41, 5.74) is -0.371. The van der Waals surface area contributed by atoms with Gasteiger partial charge in [-0.3, -0.25) is 4.39 Å². The van der Waals surface area contributed by atoms with Gasteiger partial charge >= 0.3 is 0 Å². The molecule has 1 unspecified atom stereocenters. The van der Waals surface area contributed by atoms with Crippen molar-refractivity contribution in [3.05, 3.63) is 0 Å². The number of rotatable bonds is 4. The first-order valence-corrected chi connectivity index (χ1v) is 4.43. The van der Waals surface area contributed by atoms with Crippen LogP contribution in [0.15, 0.2) is 0 Å². The summed E-state index contributed by atoms with van der Waals surface area (Å²) in [5.74, 6) is 0. The maximum Gasteiger partial charge on any atom is 0.128 e. The molecule has 1 atom stereocenters. The molecule has 70 valence electrons. The number of ether oxygens (including phenoxy) is 1. The van der Waals surface area contributed by atoms with Crippen molar-refractivity contribution in [1.29, 1.82) is 0 Å². The molecule has 0 radical (unpaired) electrons. The van der Waals surface area contributed by atoms with Crippen LogP contribution in [0.3, 0.4) is 0 Å². The van der Waals surface area contributed by atoms with Gasteiger partial charge in [0, 0.05) is 12.0 Å². The van der Waals surface area contributed by atoms with Gasteiger partial charge in [0.05, 0.1) is 13.3 Å². The lowest BCUT2D eigenvalue weighted by Gasteiger charge is -2.31. The van der Waals surface area contributed by atoms with Gasteiger partial charge in [0.15, 0.2) is 0 Å². The standard InChI is InChI=1S/C9H15FO2/c10-5-1-3-9(7-11)4-2-6-12-8-9/h7H,1-6,8H2.